The van der Waals surface area contributed by atoms with Crippen molar-refractivity contribution < 1.29 is 4.92 Å². The molecule has 1 aromatic heterocycles. The van der Waals surface area contributed by atoms with Gasteiger partial charge < -0.3 is 5.32 Å². The molecule has 1 aliphatic carbocycles. The molecule has 33 heavy (non-hydrogen) atoms. The van der Waals surface area contributed by atoms with E-state index in [9.17, 15) is 10.1 Å². The largest absolute Gasteiger partial charge is 0.334 e. The van der Waals surface area contributed by atoms with Crippen LogP contribution in [0.15, 0.2) is 66.7 Å². The van der Waals surface area contributed by atoms with E-state index in [0.717, 1.165) is 43.5 Å². The number of rotatable bonds is 7. The van der Waals surface area contributed by atoms with Crippen LogP contribution in [0.3, 0.4) is 0 Å². The molecule has 0 saturated heterocycles. The Labute approximate surface area is 193 Å². The molecule has 0 aliphatic heterocycles. The van der Waals surface area contributed by atoms with Crippen LogP contribution in [-0.2, 0) is 6.54 Å². The van der Waals surface area contributed by atoms with E-state index in [1.54, 1.807) is 6.07 Å². The fraction of sp³-hybridized carbons (Fsp3) is 0.308. The van der Waals surface area contributed by atoms with Crippen molar-refractivity contribution in [3.05, 3.63) is 82.4 Å². The fourth-order valence-electron chi connectivity index (χ4n) is 4.35. The summed E-state index contributed by atoms with van der Waals surface area (Å²) >= 11 is 0. The van der Waals surface area contributed by atoms with Crippen LogP contribution >= 0.6 is 0 Å². The maximum absolute atomic E-state index is 11.5. The van der Waals surface area contributed by atoms with E-state index in [1.165, 1.54) is 11.6 Å². The average Bonchev–Trinajstić information content (AvgIpc) is 2.85. The van der Waals surface area contributed by atoms with Crippen LogP contribution in [0.5, 0.6) is 0 Å². The average molecular weight is 442 g/mol. The Morgan fingerprint density at radius 1 is 1.06 bits per heavy atom. The smallest absolute Gasteiger partial charge is 0.311 e. The minimum atomic E-state index is -0.422. The summed E-state index contributed by atoms with van der Waals surface area (Å²) in [5, 5.41) is 23.7. The number of anilines is 2. The third-order valence-electron chi connectivity index (χ3n) is 6.29. The fourth-order valence-corrected chi connectivity index (χ4v) is 4.35. The van der Waals surface area contributed by atoms with E-state index >= 15 is 0 Å². The number of hydrogen-bond donors (Lipinski definition) is 1. The second-order valence-electron chi connectivity index (χ2n) is 8.56. The van der Waals surface area contributed by atoms with Gasteiger partial charge in [0.25, 0.3) is 0 Å². The van der Waals surface area contributed by atoms with Gasteiger partial charge in [0.1, 0.15) is 0 Å². The van der Waals surface area contributed by atoms with Gasteiger partial charge in [-0.15, -0.1) is 0 Å². The summed E-state index contributed by atoms with van der Waals surface area (Å²) in [6, 6.07) is 23.6. The van der Waals surface area contributed by atoms with E-state index in [1.807, 2.05) is 54.6 Å². The second-order valence-corrected chi connectivity index (χ2v) is 8.56. The molecule has 168 valence electrons. The summed E-state index contributed by atoms with van der Waals surface area (Å²) < 4.78 is 0. The predicted octanol–water partition coefficient (Wildman–Crippen LogP) is 5.91. The van der Waals surface area contributed by atoms with E-state index in [2.05, 4.69) is 28.3 Å². The third-order valence-corrected chi connectivity index (χ3v) is 6.29. The molecule has 3 aromatic rings. The zero-order valence-corrected chi connectivity index (χ0v) is 18.6. The maximum atomic E-state index is 11.5. The molecule has 1 fully saturated rings. The Morgan fingerprint density at radius 2 is 1.76 bits per heavy atom. The molecular formula is C26H27N5O2. The minimum absolute atomic E-state index is 0.0635. The number of nitriles is 1. The lowest BCUT2D eigenvalue weighted by molar-refractivity contribution is -0.384. The summed E-state index contributed by atoms with van der Waals surface area (Å²) in [6.07, 6.45) is 4.06. The van der Waals surface area contributed by atoms with E-state index in [0.29, 0.717) is 11.7 Å². The number of pyridine rings is 1. The van der Waals surface area contributed by atoms with Crippen molar-refractivity contribution in [2.75, 3.05) is 12.4 Å². The molecule has 0 unspecified atom stereocenters. The van der Waals surface area contributed by atoms with Gasteiger partial charge in [-0.3, -0.25) is 15.0 Å². The van der Waals surface area contributed by atoms with Crippen LogP contribution in [0.25, 0.3) is 11.3 Å². The number of hydrogen-bond acceptors (Lipinski definition) is 6. The van der Waals surface area contributed by atoms with Crippen molar-refractivity contribution in [2.24, 2.45) is 5.92 Å². The normalized spacial score (nSPS) is 18.0. The molecule has 4 rings (SSSR count). The first kappa shape index (κ1) is 22.4. The Morgan fingerprint density at radius 3 is 2.39 bits per heavy atom. The molecule has 0 amide bonds. The highest BCUT2D eigenvalue weighted by Gasteiger charge is 2.23. The van der Waals surface area contributed by atoms with Gasteiger partial charge in [0.05, 0.1) is 16.7 Å². The quantitative estimate of drug-likeness (QED) is 0.361. The molecule has 2 aromatic carbocycles. The summed E-state index contributed by atoms with van der Waals surface area (Å²) in [5.74, 6) is 0.429. The Bertz CT molecular complexity index is 1130. The summed E-state index contributed by atoms with van der Waals surface area (Å²) in [4.78, 5) is 18.0. The highest BCUT2D eigenvalue weighted by Crippen LogP contribution is 2.30. The zero-order chi connectivity index (χ0) is 23.2. The van der Waals surface area contributed by atoms with Gasteiger partial charge >= 0.3 is 5.69 Å². The van der Waals surface area contributed by atoms with Gasteiger partial charge in [-0.25, -0.2) is 4.98 Å². The second kappa shape index (κ2) is 10.2. The molecule has 1 saturated carbocycles. The number of aromatic nitrogens is 1. The lowest BCUT2D eigenvalue weighted by atomic mass is 9.86. The Balaban J connectivity index is 1.45. The highest BCUT2D eigenvalue weighted by molar-refractivity contribution is 5.70. The number of nitro groups is 1. The Kier molecular flexibility index (Phi) is 6.96. The van der Waals surface area contributed by atoms with Gasteiger partial charge in [0.2, 0.25) is 5.82 Å². The highest BCUT2D eigenvalue weighted by atomic mass is 16.6. The van der Waals surface area contributed by atoms with Crippen molar-refractivity contribution in [3.8, 4) is 17.3 Å². The number of nitrogens with zero attached hydrogens (tertiary/aromatic N) is 4. The third kappa shape index (κ3) is 5.54. The molecule has 0 bridgehead atoms. The van der Waals surface area contributed by atoms with E-state index < -0.39 is 4.92 Å². The number of nitrogens with one attached hydrogen (secondary N) is 1. The first-order valence-electron chi connectivity index (χ1n) is 11.2. The van der Waals surface area contributed by atoms with Crippen LogP contribution in [0.1, 0.15) is 31.2 Å². The summed E-state index contributed by atoms with van der Waals surface area (Å²) in [7, 11) is 2.13. The standard InChI is InChI=1S/C26H27N5O2/c1-30(23-13-9-19(17-27)10-14-23)18-20-7-11-22(12-8-20)28-26-25(31(32)33)16-15-24(29-26)21-5-3-2-4-6-21/h2-8,11-12,15-16,19,23H,9-10,13-14,18H2,1H3,(H,28,29). The SMILES string of the molecule is CN(Cc1ccc(Nc2nc(-c3ccccc3)ccc2[N+](=O)[O-])cc1)C1CCC(C#N)CC1. The van der Waals surface area contributed by atoms with Gasteiger partial charge in [0, 0.05) is 35.8 Å². The lowest BCUT2D eigenvalue weighted by Gasteiger charge is -2.32. The molecule has 1 N–H and O–H groups in total. The van der Waals surface area contributed by atoms with Gasteiger partial charge in [-0.05, 0) is 56.5 Å². The van der Waals surface area contributed by atoms with Gasteiger partial charge in [-0.2, -0.15) is 5.26 Å². The van der Waals surface area contributed by atoms with Crippen LogP contribution in [-0.4, -0.2) is 27.9 Å². The van der Waals surface area contributed by atoms with Crippen molar-refractivity contribution in [3.63, 3.8) is 0 Å². The van der Waals surface area contributed by atoms with Gasteiger partial charge in [0.15, 0.2) is 0 Å². The molecule has 1 heterocycles. The molecule has 0 atom stereocenters. The zero-order valence-electron chi connectivity index (χ0n) is 18.6. The first-order valence-corrected chi connectivity index (χ1v) is 11.2. The lowest BCUT2D eigenvalue weighted by Crippen LogP contribution is -2.34. The van der Waals surface area contributed by atoms with Crippen molar-refractivity contribution >= 4 is 17.2 Å². The van der Waals surface area contributed by atoms with Crippen molar-refractivity contribution in [2.45, 2.75) is 38.3 Å². The maximum Gasteiger partial charge on any atom is 0.311 e. The first-order chi connectivity index (χ1) is 16.0. The molecule has 0 radical (unpaired) electrons. The van der Waals surface area contributed by atoms with Crippen molar-refractivity contribution in [1.82, 2.24) is 9.88 Å². The summed E-state index contributed by atoms with van der Waals surface area (Å²) in [6.45, 7) is 0.823. The van der Waals surface area contributed by atoms with Crippen LogP contribution in [0.4, 0.5) is 17.2 Å². The summed E-state index contributed by atoms with van der Waals surface area (Å²) in [5.41, 5.74) is 3.43. The van der Waals surface area contributed by atoms with Crippen LogP contribution in [0.2, 0.25) is 0 Å². The van der Waals surface area contributed by atoms with Crippen LogP contribution < -0.4 is 5.32 Å². The molecule has 7 heteroatoms. The molecule has 1 aliphatic rings. The van der Waals surface area contributed by atoms with E-state index in [4.69, 9.17) is 5.26 Å². The molecular weight excluding hydrogens is 414 g/mol. The van der Waals surface area contributed by atoms with Gasteiger partial charge in [-0.1, -0.05) is 42.5 Å². The monoisotopic (exact) mass is 441 g/mol. The van der Waals surface area contributed by atoms with Crippen LogP contribution in [0, 0.1) is 27.4 Å². The number of benzene rings is 2. The molecule has 0 spiro atoms. The van der Waals surface area contributed by atoms with E-state index in [-0.39, 0.29) is 17.4 Å². The predicted molar refractivity (Wildman–Crippen MR) is 129 cm³/mol. The Hall–Kier alpha value is -3.76. The van der Waals surface area contributed by atoms with Crippen molar-refractivity contribution in [1.29, 1.82) is 5.26 Å². The minimum Gasteiger partial charge on any atom is -0.334 e. The molecule has 7 nitrogen and oxygen atoms in total. The topological polar surface area (TPSA) is 95.1 Å².